The minimum atomic E-state index is -1.11. The van der Waals surface area contributed by atoms with E-state index < -0.39 is 24.0 Å². The van der Waals surface area contributed by atoms with E-state index in [9.17, 15) is 24.3 Å². The molecule has 226 valence electrons. The first kappa shape index (κ1) is 28.7. The molecule has 5 atom stereocenters. The predicted octanol–water partition coefficient (Wildman–Crippen LogP) is 4.31. The third kappa shape index (κ3) is 5.90. The molecule has 2 aliphatic heterocycles. The Hall–Kier alpha value is -3.43. The summed E-state index contributed by atoms with van der Waals surface area (Å²) >= 11 is 0. The van der Waals surface area contributed by atoms with Crippen LogP contribution in [0.4, 0.5) is 0 Å². The van der Waals surface area contributed by atoms with Gasteiger partial charge in [-0.15, -0.1) is 0 Å². The molecule has 0 spiro atoms. The molecular formula is C32H41N3O7. The lowest BCUT2D eigenvalue weighted by Gasteiger charge is -2.30. The lowest BCUT2D eigenvalue weighted by molar-refractivity contribution is -0.157. The number of ether oxygens (including phenoxy) is 2. The van der Waals surface area contributed by atoms with Gasteiger partial charge in [-0.3, -0.25) is 19.0 Å². The second-order valence-electron chi connectivity index (χ2n) is 12.6. The lowest BCUT2D eigenvalue weighted by Crippen LogP contribution is -2.46. The van der Waals surface area contributed by atoms with Crippen molar-refractivity contribution >= 4 is 28.7 Å². The number of fused-ring (bicyclic) bond motifs is 5. The second-order valence-corrected chi connectivity index (χ2v) is 12.6. The number of esters is 1. The number of rotatable bonds is 2. The van der Waals surface area contributed by atoms with Crippen LogP contribution in [0.3, 0.4) is 0 Å². The molecule has 1 N–H and O–H groups in total. The van der Waals surface area contributed by atoms with E-state index in [0.717, 1.165) is 70.6 Å². The molecule has 10 nitrogen and oxygen atoms in total. The van der Waals surface area contributed by atoms with E-state index in [4.69, 9.17) is 9.47 Å². The van der Waals surface area contributed by atoms with Crippen molar-refractivity contribution in [3.8, 4) is 6.01 Å². The summed E-state index contributed by atoms with van der Waals surface area (Å²) in [5.74, 6) is -2.06. The lowest BCUT2D eigenvalue weighted by atomic mass is 9.86. The van der Waals surface area contributed by atoms with Gasteiger partial charge >= 0.3 is 11.9 Å². The number of para-hydroxylation sites is 1. The van der Waals surface area contributed by atoms with Gasteiger partial charge in [0.2, 0.25) is 5.91 Å². The summed E-state index contributed by atoms with van der Waals surface area (Å²) in [6, 6.07) is 6.22. The molecule has 1 aromatic carbocycles. The van der Waals surface area contributed by atoms with Crippen LogP contribution in [0.1, 0.15) is 83.5 Å². The molecule has 3 fully saturated rings. The van der Waals surface area contributed by atoms with Crippen molar-refractivity contribution in [2.24, 2.45) is 17.8 Å². The quantitative estimate of drug-likeness (QED) is 0.522. The largest absolute Gasteiger partial charge is 0.480 e. The van der Waals surface area contributed by atoms with Gasteiger partial charge in [-0.1, -0.05) is 37.8 Å². The van der Waals surface area contributed by atoms with Gasteiger partial charge in [0, 0.05) is 13.0 Å². The van der Waals surface area contributed by atoms with Crippen LogP contribution in [0.5, 0.6) is 6.01 Å². The summed E-state index contributed by atoms with van der Waals surface area (Å²) in [5.41, 5.74) is 0.332. The van der Waals surface area contributed by atoms with Crippen LogP contribution in [0.2, 0.25) is 0 Å². The van der Waals surface area contributed by atoms with Gasteiger partial charge in [0.25, 0.3) is 11.6 Å². The summed E-state index contributed by atoms with van der Waals surface area (Å²) in [4.78, 5) is 59.3. The Bertz CT molecular complexity index is 1380. The number of hydrogen-bond acceptors (Lipinski definition) is 7. The highest BCUT2D eigenvalue weighted by atomic mass is 16.5. The zero-order valence-electron chi connectivity index (χ0n) is 24.1. The van der Waals surface area contributed by atoms with Crippen LogP contribution >= 0.6 is 0 Å². The molecule has 2 saturated carbocycles. The molecule has 0 unspecified atom stereocenters. The van der Waals surface area contributed by atoms with Gasteiger partial charge in [-0.05, 0) is 68.9 Å². The summed E-state index contributed by atoms with van der Waals surface area (Å²) in [6.07, 6.45) is 9.40. The van der Waals surface area contributed by atoms with Crippen molar-refractivity contribution in [2.75, 3.05) is 6.54 Å². The Labute approximate surface area is 245 Å². The fraction of sp³-hybridized carbons (Fsp3) is 0.656. The summed E-state index contributed by atoms with van der Waals surface area (Å²) in [6.45, 7) is 0.484. The second kappa shape index (κ2) is 12.4. The first-order valence-corrected chi connectivity index (χ1v) is 15.8. The first-order valence-electron chi connectivity index (χ1n) is 15.8. The van der Waals surface area contributed by atoms with Crippen molar-refractivity contribution < 1.29 is 29.0 Å². The van der Waals surface area contributed by atoms with E-state index in [1.165, 1.54) is 4.90 Å². The van der Waals surface area contributed by atoms with Gasteiger partial charge in [0.15, 0.2) is 0 Å². The number of carboxylic acid groups (broad SMARTS) is 1. The Morgan fingerprint density at radius 2 is 1.62 bits per heavy atom. The average molecular weight is 580 g/mol. The van der Waals surface area contributed by atoms with Crippen LogP contribution in [0, 0.1) is 17.8 Å². The van der Waals surface area contributed by atoms with Gasteiger partial charge in [0.1, 0.15) is 18.2 Å². The molecular weight excluding hydrogens is 538 g/mol. The van der Waals surface area contributed by atoms with E-state index in [-0.39, 0.29) is 54.9 Å². The number of aromatic nitrogens is 2. The van der Waals surface area contributed by atoms with Crippen molar-refractivity contribution in [1.29, 1.82) is 0 Å². The molecule has 2 aromatic rings. The maximum absolute atomic E-state index is 14.1. The van der Waals surface area contributed by atoms with E-state index in [2.05, 4.69) is 4.98 Å². The third-order valence-electron chi connectivity index (χ3n) is 9.93. The van der Waals surface area contributed by atoms with Gasteiger partial charge in [-0.2, -0.15) is 4.98 Å². The van der Waals surface area contributed by atoms with Crippen molar-refractivity contribution in [2.45, 2.75) is 108 Å². The molecule has 1 amide bonds. The number of carboxylic acids is 1. The standard InChI is InChI=1S/C32H41N3O7/c36-28-18-24(20-9-3-4-10-20)30(38)35-19-22(17-26(35)31(39)40)41-32-33-25-14-6-5-13-23(25)29(37)34(32)16-7-1-2-11-21-12-8-15-27(21)42-28/h5-6,13-14,20-22,24,26-27H,1-4,7-12,15-19H2,(H,39,40)/t21-,22-,24+,26+,27-/m1/s1. The van der Waals surface area contributed by atoms with Crippen molar-refractivity contribution in [3.05, 3.63) is 34.6 Å². The smallest absolute Gasteiger partial charge is 0.326 e. The zero-order valence-corrected chi connectivity index (χ0v) is 24.1. The molecule has 0 radical (unpaired) electrons. The summed E-state index contributed by atoms with van der Waals surface area (Å²) in [5, 5.41) is 10.6. The molecule has 6 rings (SSSR count). The van der Waals surface area contributed by atoms with E-state index in [1.54, 1.807) is 16.7 Å². The van der Waals surface area contributed by atoms with E-state index >= 15 is 0 Å². The number of hydrogen-bond donors (Lipinski definition) is 1. The maximum Gasteiger partial charge on any atom is 0.326 e. The minimum absolute atomic E-state index is 0.0210. The predicted molar refractivity (Wildman–Crippen MR) is 154 cm³/mol. The number of carbonyl (C=O) groups excluding carboxylic acids is 2. The number of benzene rings is 1. The number of amides is 1. The van der Waals surface area contributed by atoms with Crippen LogP contribution in [-0.2, 0) is 25.7 Å². The Morgan fingerprint density at radius 3 is 2.43 bits per heavy atom. The van der Waals surface area contributed by atoms with Crippen LogP contribution in [-0.4, -0.2) is 62.2 Å². The molecule has 1 aromatic heterocycles. The van der Waals surface area contributed by atoms with Gasteiger partial charge in [-0.25, -0.2) is 4.79 Å². The number of aliphatic carboxylic acids is 1. The SMILES string of the molecule is O=C1C[C@@H](C2CCCC2)C(=O)N2C[C@@H](C[C@H]2C(=O)O)Oc2nc3ccccc3c(=O)n2CCCCC[C@@H]2CCC[C@H]2O1. The highest BCUT2D eigenvalue weighted by Gasteiger charge is 2.46. The fourth-order valence-electron chi connectivity index (χ4n) is 7.71. The van der Waals surface area contributed by atoms with Gasteiger partial charge in [0.05, 0.1) is 29.8 Å². The third-order valence-corrected chi connectivity index (χ3v) is 9.93. The molecule has 2 aliphatic carbocycles. The monoisotopic (exact) mass is 579 g/mol. The number of carbonyl (C=O) groups is 3. The van der Waals surface area contributed by atoms with Crippen LogP contribution < -0.4 is 10.3 Å². The maximum atomic E-state index is 14.1. The highest BCUT2D eigenvalue weighted by molar-refractivity contribution is 5.88. The Balaban J connectivity index is 1.34. The van der Waals surface area contributed by atoms with E-state index in [0.29, 0.717) is 23.4 Å². The first-order chi connectivity index (χ1) is 20.4. The van der Waals surface area contributed by atoms with Crippen LogP contribution in [0.15, 0.2) is 29.1 Å². The number of nitrogens with zero attached hydrogens (tertiary/aromatic N) is 3. The normalized spacial score (nSPS) is 29.8. The van der Waals surface area contributed by atoms with Crippen molar-refractivity contribution in [3.63, 3.8) is 0 Å². The molecule has 1 saturated heterocycles. The summed E-state index contributed by atoms with van der Waals surface area (Å²) < 4.78 is 13.9. The van der Waals surface area contributed by atoms with E-state index in [1.807, 2.05) is 12.1 Å². The fourth-order valence-corrected chi connectivity index (χ4v) is 7.71. The molecule has 10 heteroatoms. The van der Waals surface area contributed by atoms with Crippen molar-refractivity contribution in [1.82, 2.24) is 14.5 Å². The van der Waals surface area contributed by atoms with Gasteiger partial charge < -0.3 is 19.5 Å². The highest BCUT2D eigenvalue weighted by Crippen LogP contribution is 2.38. The molecule has 42 heavy (non-hydrogen) atoms. The Kier molecular flexibility index (Phi) is 8.49. The molecule has 4 aliphatic rings. The zero-order chi connectivity index (χ0) is 29.2. The van der Waals surface area contributed by atoms with Crippen LogP contribution in [0.25, 0.3) is 10.9 Å². The summed E-state index contributed by atoms with van der Waals surface area (Å²) in [7, 11) is 0. The minimum Gasteiger partial charge on any atom is -0.480 e. The molecule has 3 heterocycles. The Morgan fingerprint density at radius 1 is 0.881 bits per heavy atom. The topological polar surface area (TPSA) is 128 Å². The molecule has 2 bridgehead atoms. The average Bonchev–Trinajstić information content (AvgIpc) is 3.74.